The number of imide groups is 1. The lowest BCUT2D eigenvalue weighted by Gasteiger charge is -2.19. The number of amides is 2. The normalized spacial score (nSPS) is 14.0. The molecule has 4 rings (SSSR count). The number of nitrogens with one attached hydrogen (secondary N) is 1. The summed E-state index contributed by atoms with van der Waals surface area (Å²) in [4.78, 5) is 28.4. The van der Waals surface area contributed by atoms with E-state index in [9.17, 15) is 9.59 Å². The van der Waals surface area contributed by atoms with Crippen LogP contribution in [0.5, 0.6) is 5.75 Å². The SMILES string of the molecule is CCCOc1ccc(C2=C(Nc3ccc(C(C)(C)C)cc3)C(=O)N(c3ccc(C)cc3)C2=O)cc1. The molecule has 5 nitrogen and oxygen atoms in total. The molecule has 1 aliphatic heterocycles. The molecule has 0 spiro atoms. The quantitative estimate of drug-likeness (QED) is 0.403. The number of rotatable bonds is 7. The van der Waals surface area contributed by atoms with E-state index >= 15 is 0 Å². The first-order valence-corrected chi connectivity index (χ1v) is 12.0. The van der Waals surface area contributed by atoms with Crippen LogP contribution in [0.4, 0.5) is 11.4 Å². The number of carbonyl (C=O) groups is 2. The molecular formula is C30H32N2O3. The molecule has 0 saturated carbocycles. The highest BCUT2D eigenvalue weighted by atomic mass is 16.5. The van der Waals surface area contributed by atoms with Crippen LogP contribution in [-0.4, -0.2) is 18.4 Å². The lowest BCUT2D eigenvalue weighted by atomic mass is 9.87. The van der Waals surface area contributed by atoms with Crippen molar-refractivity contribution in [1.82, 2.24) is 0 Å². The predicted octanol–water partition coefficient (Wildman–Crippen LogP) is 6.48. The molecule has 1 aliphatic rings. The van der Waals surface area contributed by atoms with Gasteiger partial charge < -0.3 is 10.1 Å². The topological polar surface area (TPSA) is 58.6 Å². The zero-order valence-electron chi connectivity index (χ0n) is 21.0. The van der Waals surface area contributed by atoms with Crippen LogP contribution < -0.4 is 15.0 Å². The van der Waals surface area contributed by atoms with Crippen LogP contribution in [0.25, 0.3) is 5.57 Å². The molecular weight excluding hydrogens is 436 g/mol. The van der Waals surface area contributed by atoms with Crippen LogP contribution in [0.3, 0.4) is 0 Å². The van der Waals surface area contributed by atoms with Crippen molar-refractivity contribution in [1.29, 1.82) is 0 Å². The van der Waals surface area contributed by atoms with Crippen LogP contribution >= 0.6 is 0 Å². The minimum absolute atomic E-state index is 0.0198. The fraction of sp³-hybridized carbons (Fsp3) is 0.267. The molecule has 1 heterocycles. The zero-order valence-corrected chi connectivity index (χ0v) is 21.0. The molecule has 5 heteroatoms. The Labute approximate surface area is 207 Å². The zero-order chi connectivity index (χ0) is 25.2. The van der Waals surface area contributed by atoms with Gasteiger partial charge in [0.2, 0.25) is 0 Å². The second-order valence-electron chi connectivity index (χ2n) is 9.86. The Morgan fingerprint density at radius 2 is 1.46 bits per heavy atom. The van der Waals surface area contributed by atoms with E-state index in [2.05, 4.69) is 26.1 Å². The van der Waals surface area contributed by atoms with E-state index < -0.39 is 0 Å². The highest BCUT2D eigenvalue weighted by Crippen LogP contribution is 2.35. The maximum absolute atomic E-state index is 13.6. The molecule has 2 amide bonds. The minimum atomic E-state index is -0.375. The van der Waals surface area contributed by atoms with Gasteiger partial charge in [-0.05, 0) is 66.3 Å². The Kier molecular flexibility index (Phi) is 6.79. The molecule has 0 aromatic heterocycles. The van der Waals surface area contributed by atoms with E-state index in [1.807, 2.05) is 74.5 Å². The Morgan fingerprint density at radius 1 is 0.829 bits per heavy atom. The largest absolute Gasteiger partial charge is 0.494 e. The van der Waals surface area contributed by atoms with E-state index in [-0.39, 0.29) is 22.9 Å². The third-order valence-corrected chi connectivity index (χ3v) is 6.01. The van der Waals surface area contributed by atoms with Gasteiger partial charge in [0.15, 0.2) is 0 Å². The molecule has 3 aromatic carbocycles. The number of carbonyl (C=O) groups excluding carboxylic acids is 2. The summed E-state index contributed by atoms with van der Waals surface area (Å²) in [5.74, 6) is 0.00518. The van der Waals surface area contributed by atoms with E-state index in [0.29, 0.717) is 23.4 Å². The molecule has 1 N–H and O–H groups in total. The van der Waals surface area contributed by atoms with Gasteiger partial charge >= 0.3 is 0 Å². The number of nitrogens with zero attached hydrogens (tertiary/aromatic N) is 1. The molecule has 0 radical (unpaired) electrons. The summed E-state index contributed by atoms with van der Waals surface area (Å²) in [6.45, 7) is 11.1. The number of hydrogen-bond donors (Lipinski definition) is 1. The van der Waals surface area contributed by atoms with Crippen LogP contribution in [0.2, 0.25) is 0 Å². The maximum atomic E-state index is 13.6. The molecule has 3 aromatic rings. The van der Waals surface area contributed by atoms with E-state index in [0.717, 1.165) is 23.4 Å². The standard InChI is InChI=1S/C30H32N2O3/c1-6-19-35-25-17-9-21(10-18-25)26-27(31-23-13-11-22(12-14-23)30(3,4)5)29(34)32(28(26)33)24-15-7-20(2)8-16-24/h7-18,31H,6,19H2,1-5H3. The van der Waals surface area contributed by atoms with E-state index in [1.165, 1.54) is 10.5 Å². The summed E-state index contributed by atoms with van der Waals surface area (Å²) in [7, 11) is 0. The number of anilines is 2. The van der Waals surface area contributed by atoms with Gasteiger partial charge in [-0.15, -0.1) is 0 Å². The van der Waals surface area contributed by atoms with Crippen molar-refractivity contribution in [3.05, 3.63) is 95.2 Å². The summed E-state index contributed by atoms with van der Waals surface area (Å²) >= 11 is 0. The van der Waals surface area contributed by atoms with Crippen molar-refractivity contribution in [2.45, 2.75) is 46.5 Å². The van der Waals surface area contributed by atoms with Crippen molar-refractivity contribution >= 4 is 28.8 Å². The van der Waals surface area contributed by atoms with Crippen molar-refractivity contribution in [3.63, 3.8) is 0 Å². The molecule has 0 aliphatic carbocycles. The second kappa shape index (κ2) is 9.79. The van der Waals surface area contributed by atoms with Crippen LogP contribution in [-0.2, 0) is 15.0 Å². The Morgan fingerprint density at radius 3 is 2.03 bits per heavy atom. The fourth-order valence-corrected chi connectivity index (χ4v) is 3.98. The average Bonchev–Trinajstić information content (AvgIpc) is 3.07. The highest BCUT2D eigenvalue weighted by molar-refractivity contribution is 6.46. The average molecular weight is 469 g/mol. The molecule has 0 unspecified atom stereocenters. The number of hydrogen-bond acceptors (Lipinski definition) is 4. The van der Waals surface area contributed by atoms with E-state index in [4.69, 9.17) is 4.74 Å². The minimum Gasteiger partial charge on any atom is -0.494 e. The number of aryl methyl sites for hydroxylation is 1. The Balaban J connectivity index is 1.73. The predicted molar refractivity (Wildman–Crippen MR) is 142 cm³/mol. The first-order valence-electron chi connectivity index (χ1n) is 12.0. The molecule has 0 fully saturated rings. The van der Waals surface area contributed by atoms with Crippen LogP contribution in [0, 0.1) is 6.92 Å². The molecule has 0 atom stereocenters. The summed E-state index contributed by atoms with van der Waals surface area (Å²) in [6, 6.07) is 22.7. The first kappa shape index (κ1) is 24.3. The highest BCUT2D eigenvalue weighted by Gasteiger charge is 2.40. The van der Waals surface area contributed by atoms with Gasteiger partial charge in [0.1, 0.15) is 11.4 Å². The molecule has 35 heavy (non-hydrogen) atoms. The summed E-state index contributed by atoms with van der Waals surface area (Å²) in [5, 5.41) is 3.24. The number of ether oxygens (including phenoxy) is 1. The third kappa shape index (κ3) is 5.14. The maximum Gasteiger partial charge on any atom is 0.282 e. The van der Waals surface area contributed by atoms with Gasteiger partial charge in [-0.25, -0.2) is 4.90 Å². The van der Waals surface area contributed by atoms with Gasteiger partial charge in [-0.1, -0.05) is 69.7 Å². The first-order chi connectivity index (χ1) is 16.7. The van der Waals surface area contributed by atoms with E-state index in [1.54, 1.807) is 12.1 Å². The molecule has 0 bridgehead atoms. The third-order valence-electron chi connectivity index (χ3n) is 6.01. The lowest BCUT2D eigenvalue weighted by Crippen LogP contribution is -2.32. The summed E-state index contributed by atoms with van der Waals surface area (Å²) in [6.07, 6.45) is 0.910. The number of benzene rings is 3. The van der Waals surface area contributed by atoms with Gasteiger partial charge in [0.25, 0.3) is 11.8 Å². The van der Waals surface area contributed by atoms with Crippen molar-refractivity contribution < 1.29 is 14.3 Å². The van der Waals surface area contributed by atoms with Crippen LogP contribution in [0.1, 0.15) is 50.8 Å². The summed E-state index contributed by atoms with van der Waals surface area (Å²) in [5.41, 5.74) is 4.84. The van der Waals surface area contributed by atoms with Gasteiger partial charge in [-0.3, -0.25) is 9.59 Å². The van der Waals surface area contributed by atoms with Crippen molar-refractivity contribution in [3.8, 4) is 5.75 Å². The summed E-state index contributed by atoms with van der Waals surface area (Å²) < 4.78 is 5.69. The van der Waals surface area contributed by atoms with Crippen molar-refractivity contribution in [2.75, 3.05) is 16.8 Å². The monoisotopic (exact) mass is 468 g/mol. The molecule has 0 saturated heterocycles. The Bertz CT molecular complexity index is 1250. The Hall–Kier alpha value is -3.86. The van der Waals surface area contributed by atoms with Crippen LogP contribution in [0.15, 0.2) is 78.5 Å². The van der Waals surface area contributed by atoms with Gasteiger partial charge in [-0.2, -0.15) is 0 Å². The fourth-order valence-electron chi connectivity index (χ4n) is 3.98. The van der Waals surface area contributed by atoms with Crippen molar-refractivity contribution in [2.24, 2.45) is 0 Å². The van der Waals surface area contributed by atoms with Gasteiger partial charge in [0, 0.05) is 5.69 Å². The lowest BCUT2D eigenvalue weighted by molar-refractivity contribution is -0.120. The molecule has 180 valence electrons. The van der Waals surface area contributed by atoms with Gasteiger partial charge in [0.05, 0.1) is 17.9 Å². The smallest absolute Gasteiger partial charge is 0.282 e. The second-order valence-corrected chi connectivity index (χ2v) is 9.86.